The van der Waals surface area contributed by atoms with Gasteiger partial charge in [0.2, 0.25) is 6.79 Å². The number of benzene rings is 2. The Labute approximate surface area is 105 Å². The van der Waals surface area contributed by atoms with E-state index in [9.17, 15) is 0 Å². The van der Waals surface area contributed by atoms with Crippen LogP contribution in [0, 0.1) is 5.41 Å². The second-order valence-electron chi connectivity index (χ2n) is 3.66. The third-order valence-corrected chi connectivity index (χ3v) is 2.36. The average molecular weight is 242 g/mol. The van der Waals surface area contributed by atoms with Gasteiger partial charge in [0.15, 0.2) is 0 Å². The number of nitrogen functional groups attached to an aromatic ring is 1. The molecule has 0 amide bonds. The molecular formula is C14H14N2O2. The maximum Gasteiger partial charge on any atom is 0.230 e. The fraction of sp³-hybridized carbons (Fsp3) is 0.0714. The van der Waals surface area contributed by atoms with Gasteiger partial charge in [-0.15, -0.1) is 0 Å². The summed E-state index contributed by atoms with van der Waals surface area (Å²) in [5.74, 6) is 1.48. The molecule has 2 aromatic carbocycles. The average Bonchev–Trinajstić information content (AvgIpc) is 2.40. The summed E-state index contributed by atoms with van der Waals surface area (Å²) in [6, 6.07) is 16.4. The molecule has 0 aliphatic heterocycles. The highest BCUT2D eigenvalue weighted by molar-refractivity contribution is 5.94. The fourth-order valence-electron chi connectivity index (χ4n) is 1.41. The largest absolute Gasteiger partial charge is 0.458 e. The lowest BCUT2D eigenvalue weighted by Gasteiger charge is -2.08. The summed E-state index contributed by atoms with van der Waals surface area (Å²) in [5, 5.41) is 7.27. The van der Waals surface area contributed by atoms with Crippen LogP contribution in [0.1, 0.15) is 5.56 Å². The van der Waals surface area contributed by atoms with Gasteiger partial charge in [-0.05, 0) is 36.4 Å². The van der Waals surface area contributed by atoms with Crippen LogP contribution >= 0.6 is 0 Å². The van der Waals surface area contributed by atoms with Crippen molar-refractivity contribution in [3.05, 3.63) is 60.2 Å². The Morgan fingerprint density at radius 3 is 2.00 bits per heavy atom. The van der Waals surface area contributed by atoms with Crippen LogP contribution in [0.3, 0.4) is 0 Å². The smallest absolute Gasteiger partial charge is 0.230 e. The number of nitrogens with two attached hydrogens (primary N) is 1. The van der Waals surface area contributed by atoms with Crippen molar-refractivity contribution in [3.63, 3.8) is 0 Å². The molecule has 0 heterocycles. The Morgan fingerprint density at radius 1 is 0.889 bits per heavy atom. The molecule has 0 saturated heterocycles. The standard InChI is InChI=1S/C14H14N2O2/c15-14(16)11-6-8-13(9-7-11)18-10-17-12-4-2-1-3-5-12/h1-9H,10H2,(H3,15,16). The second kappa shape index (κ2) is 5.72. The normalized spacial score (nSPS) is 9.78. The molecule has 0 aromatic heterocycles. The number of rotatable bonds is 5. The van der Waals surface area contributed by atoms with E-state index in [1.54, 1.807) is 24.3 Å². The molecule has 4 heteroatoms. The molecule has 2 aromatic rings. The molecule has 0 atom stereocenters. The summed E-state index contributed by atoms with van der Waals surface area (Å²) in [6.45, 7) is 0.142. The lowest BCUT2D eigenvalue weighted by molar-refractivity contribution is 0.120. The van der Waals surface area contributed by atoms with E-state index in [1.165, 1.54) is 0 Å². The highest BCUT2D eigenvalue weighted by atomic mass is 16.7. The zero-order valence-electron chi connectivity index (χ0n) is 9.80. The van der Waals surface area contributed by atoms with Crippen LogP contribution in [-0.2, 0) is 0 Å². The topological polar surface area (TPSA) is 68.3 Å². The van der Waals surface area contributed by atoms with Crippen LogP contribution in [0.4, 0.5) is 0 Å². The fourth-order valence-corrected chi connectivity index (χ4v) is 1.41. The SMILES string of the molecule is N=C(N)c1ccc(OCOc2ccccc2)cc1. The van der Waals surface area contributed by atoms with Crippen LogP contribution in [0.2, 0.25) is 0 Å². The number of nitrogens with one attached hydrogen (secondary N) is 1. The Morgan fingerprint density at radius 2 is 1.44 bits per heavy atom. The predicted octanol–water partition coefficient (Wildman–Crippen LogP) is 2.39. The molecule has 18 heavy (non-hydrogen) atoms. The van der Waals surface area contributed by atoms with Gasteiger partial charge in [-0.25, -0.2) is 0 Å². The van der Waals surface area contributed by atoms with Gasteiger partial charge in [0.05, 0.1) is 0 Å². The van der Waals surface area contributed by atoms with Gasteiger partial charge < -0.3 is 15.2 Å². The monoisotopic (exact) mass is 242 g/mol. The number of para-hydroxylation sites is 1. The molecule has 92 valence electrons. The van der Waals surface area contributed by atoms with Crippen molar-refractivity contribution < 1.29 is 9.47 Å². The van der Waals surface area contributed by atoms with Crippen molar-refractivity contribution in [2.24, 2.45) is 5.73 Å². The van der Waals surface area contributed by atoms with Gasteiger partial charge in [0, 0.05) is 5.56 Å². The first-order chi connectivity index (χ1) is 8.75. The highest BCUT2D eigenvalue weighted by Gasteiger charge is 1.98. The first kappa shape index (κ1) is 12.0. The van der Waals surface area contributed by atoms with Gasteiger partial charge in [0.25, 0.3) is 0 Å². The summed E-state index contributed by atoms with van der Waals surface area (Å²) in [5.41, 5.74) is 6.03. The van der Waals surface area contributed by atoms with E-state index >= 15 is 0 Å². The molecule has 0 radical (unpaired) electrons. The van der Waals surface area contributed by atoms with Crippen LogP contribution in [0.15, 0.2) is 54.6 Å². The first-order valence-corrected chi connectivity index (χ1v) is 5.51. The molecule has 0 fully saturated rings. The summed E-state index contributed by atoms with van der Waals surface area (Å²) >= 11 is 0. The maximum absolute atomic E-state index is 7.27. The molecular weight excluding hydrogens is 228 g/mol. The van der Waals surface area contributed by atoms with E-state index in [4.69, 9.17) is 20.6 Å². The maximum atomic E-state index is 7.27. The van der Waals surface area contributed by atoms with Crippen LogP contribution in [-0.4, -0.2) is 12.6 Å². The van der Waals surface area contributed by atoms with Crippen molar-refractivity contribution in [1.29, 1.82) is 5.41 Å². The molecule has 0 aliphatic rings. The molecule has 4 nitrogen and oxygen atoms in total. The van der Waals surface area contributed by atoms with Crippen molar-refractivity contribution in [2.75, 3.05) is 6.79 Å². The van der Waals surface area contributed by atoms with Gasteiger partial charge >= 0.3 is 0 Å². The molecule has 0 spiro atoms. The molecule has 3 N–H and O–H groups in total. The number of ether oxygens (including phenoxy) is 2. The Balaban J connectivity index is 1.85. The summed E-state index contributed by atoms with van der Waals surface area (Å²) in [7, 11) is 0. The van der Waals surface area contributed by atoms with Crippen LogP contribution in [0.5, 0.6) is 11.5 Å². The number of amidine groups is 1. The van der Waals surface area contributed by atoms with Gasteiger partial charge in [0.1, 0.15) is 17.3 Å². The number of hydrogen-bond acceptors (Lipinski definition) is 3. The van der Waals surface area contributed by atoms with Crippen molar-refractivity contribution >= 4 is 5.84 Å². The van der Waals surface area contributed by atoms with Crippen molar-refractivity contribution in [2.45, 2.75) is 0 Å². The summed E-state index contributed by atoms with van der Waals surface area (Å²) in [4.78, 5) is 0. The zero-order chi connectivity index (χ0) is 12.8. The van der Waals surface area contributed by atoms with E-state index in [2.05, 4.69) is 0 Å². The van der Waals surface area contributed by atoms with Gasteiger partial charge in [-0.1, -0.05) is 18.2 Å². The lowest BCUT2D eigenvalue weighted by Crippen LogP contribution is -2.11. The summed E-state index contributed by atoms with van der Waals surface area (Å²) < 4.78 is 10.8. The van der Waals surface area contributed by atoms with E-state index in [1.807, 2.05) is 30.3 Å². The zero-order valence-corrected chi connectivity index (χ0v) is 9.80. The molecule has 0 bridgehead atoms. The van der Waals surface area contributed by atoms with Crippen molar-refractivity contribution in [1.82, 2.24) is 0 Å². The van der Waals surface area contributed by atoms with E-state index < -0.39 is 0 Å². The summed E-state index contributed by atoms with van der Waals surface area (Å²) in [6.07, 6.45) is 0. The molecule has 2 rings (SSSR count). The van der Waals surface area contributed by atoms with Gasteiger partial charge in [-0.2, -0.15) is 0 Å². The highest BCUT2D eigenvalue weighted by Crippen LogP contribution is 2.13. The first-order valence-electron chi connectivity index (χ1n) is 5.51. The minimum absolute atomic E-state index is 0.0436. The van der Waals surface area contributed by atoms with Gasteiger partial charge in [-0.3, -0.25) is 5.41 Å². The van der Waals surface area contributed by atoms with E-state index in [0.717, 1.165) is 5.75 Å². The van der Waals surface area contributed by atoms with Crippen LogP contribution in [0.25, 0.3) is 0 Å². The van der Waals surface area contributed by atoms with Crippen molar-refractivity contribution in [3.8, 4) is 11.5 Å². The minimum atomic E-state index is 0.0436. The minimum Gasteiger partial charge on any atom is -0.458 e. The van der Waals surface area contributed by atoms with E-state index in [0.29, 0.717) is 11.3 Å². The second-order valence-corrected chi connectivity index (χ2v) is 3.66. The third kappa shape index (κ3) is 3.25. The lowest BCUT2D eigenvalue weighted by atomic mass is 10.2. The Bertz CT molecular complexity index is 509. The molecule has 0 aliphatic carbocycles. The quantitative estimate of drug-likeness (QED) is 0.480. The number of hydrogen-bond donors (Lipinski definition) is 2. The predicted molar refractivity (Wildman–Crippen MR) is 70.0 cm³/mol. The Hall–Kier alpha value is -2.49. The third-order valence-electron chi connectivity index (χ3n) is 2.36. The Kier molecular flexibility index (Phi) is 3.81. The van der Waals surface area contributed by atoms with E-state index in [-0.39, 0.29) is 12.6 Å². The van der Waals surface area contributed by atoms with Crippen LogP contribution < -0.4 is 15.2 Å². The molecule has 0 unspecified atom stereocenters. The molecule has 0 saturated carbocycles.